The Morgan fingerprint density at radius 1 is 1.38 bits per heavy atom. The third-order valence-electron chi connectivity index (χ3n) is 4.59. The lowest BCUT2D eigenvalue weighted by Crippen LogP contribution is -2.41. The minimum absolute atomic E-state index is 0.0301. The third kappa shape index (κ3) is 2.83. The van der Waals surface area contributed by atoms with Crippen LogP contribution in [0, 0.1) is 17.1 Å². The number of nitrogens with two attached hydrogens (primary N) is 1. The zero-order valence-electron chi connectivity index (χ0n) is 13.4. The molecule has 1 amide bonds. The van der Waals surface area contributed by atoms with Gasteiger partial charge in [-0.2, -0.15) is 5.26 Å². The monoisotopic (exact) mass is 323 g/mol. The van der Waals surface area contributed by atoms with Crippen LogP contribution in [-0.4, -0.2) is 11.9 Å². The van der Waals surface area contributed by atoms with Gasteiger partial charge in [0.05, 0.1) is 17.6 Å². The highest BCUT2D eigenvalue weighted by molar-refractivity contribution is 5.85. The van der Waals surface area contributed by atoms with Crippen LogP contribution in [0.2, 0.25) is 0 Å². The van der Waals surface area contributed by atoms with Crippen molar-refractivity contribution in [2.75, 3.05) is 4.90 Å². The van der Waals surface area contributed by atoms with Gasteiger partial charge in [0.15, 0.2) is 0 Å². The summed E-state index contributed by atoms with van der Waals surface area (Å²) in [6, 6.07) is 14.0. The molecule has 0 saturated heterocycles. The summed E-state index contributed by atoms with van der Waals surface area (Å²) in [5, 5.41) is 9.03. The van der Waals surface area contributed by atoms with Crippen LogP contribution >= 0.6 is 0 Å². The average molecular weight is 323 g/mol. The van der Waals surface area contributed by atoms with Gasteiger partial charge in [-0.3, -0.25) is 4.79 Å². The molecule has 3 rings (SSSR count). The minimum Gasteiger partial charge on any atom is -0.369 e. The number of halogens is 1. The van der Waals surface area contributed by atoms with Gasteiger partial charge in [-0.25, -0.2) is 4.39 Å². The van der Waals surface area contributed by atoms with Crippen molar-refractivity contribution in [3.05, 3.63) is 65.0 Å². The summed E-state index contributed by atoms with van der Waals surface area (Å²) in [5.41, 5.74) is 8.21. The number of benzene rings is 2. The molecule has 0 radical (unpaired) electrons. The Bertz CT molecular complexity index is 828. The second-order valence-electron chi connectivity index (χ2n) is 6.14. The van der Waals surface area contributed by atoms with Gasteiger partial charge in [0, 0.05) is 23.8 Å². The maximum Gasteiger partial charge on any atom is 0.225 e. The molecule has 0 spiro atoms. The average Bonchev–Trinajstić information content (AvgIpc) is 2.58. The number of fused-ring (bicyclic) bond motifs is 1. The smallest absolute Gasteiger partial charge is 0.225 e. The van der Waals surface area contributed by atoms with E-state index < -0.39 is 0 Å². The van der Waals surface area contributed by atoms with Crippen molar-refractivity contribution in [1.29, 1.82) is 5.26 Å². The predicted molar refractivity (Wildman–Crippen MR) is 89.8 cm³/mol. The van der Waals surface area contributed by atoms with E-state index in [1.165, 1.54) is 12.1 Å². The van der Waals surface area contributed by atoms with Gasteiger partial charge < -0.3 is 10.6 Å². The van der Waals surface area contributed by atoms with Gasteiger partial charge in [0.2, 0.25) is 5.91 Å². The molecule has 0 aliphatic carbocycles. The Labute approximate surface area is 140 Å². The Kier molecular flexibility index (Phi) is 4.22. The number of para-hydroxylation sites is 1. The van der Waals surface area contributed by atoms with E-state index in [9.17, 15) is 9.18 Å². The zero-order chi connectivity index (χ0) is 17.3. The van der Waals surface area contributed by atoms with Gasteiger partial charge in [-0.1, -0.05) is 18.2 Å². The second-order valence-corrected chi connectivity index (χ2v) is 6.14. The number of amides is 1. The first-order valence-electron chi connectivity index (χ1n) is 7.84. The first-order valence-corrected chi connectivity index (χ1v) is 7.84. The van der Waals surface area contributed by atoms with Crippen LogP contribution in [0.3, 0.4) is 0 Å². The largest absolute Gasteiger partial charge is 0.369 e. The summed E-state index contributed by atoms with van der Waals surface area (Å²) in [4.78, 5) is 13.8. The van der Waals surface area contributed by atoms with Crippen molar-refractivity contribution in [3.63, 3.8) is 0 Å². The molecule has 1 aliphatic heterocycles. The van der Waals surface area contributed by atoms with Crippen molar-refractivity contribution in [3.8, 4) is 6.07 Å². The van der Waals surface area contributed by atoms with E-state index in [1.54, 1.807) is 6.07 Å². The molecule has 0 bridgehead atoms. The molecule has 2 atom stereocenters. The summed E-state index contributed by atoms with van der Waals surface area (Å²) in [7, 11) is 0. The van der Waals surface area contributed by atoms with Crippen LogP contribution < -0.4 is 10.6 Å². The highest BCUT2D eigenvalue weighted by atomic mass is 19.1. The van der Waals surface area contributed by atoms with E-state index in [4.69, 9.17) is 11.0 Å². The summed E-state index contributed by atoms with van der Waals surface area (Å²) in [5.74, 6) is -1.01. The molecule has 0 unspecified atom stereocenters. The fourth-order valence-electron chi connectivity index (χ4n) is 3.34. The first-order chi connectivity index (χ1) is 11.5. The summed E-state index contributed by atoms with van der Waals surface area (Å²) in [6.45, 7) is 2.34. The number of hydrogen-bond donors (Lipinski definition) is 1. The van der Waals surface area contributed by atoms with Crippen molar-refractivity contribution >= 4 is 11.6 Å². The second kappa shape index (κ2) is 6.32. The molecule has 1 aliphatic rings. The highest BCUT2D eigenvalue weighted by Crippen LogP contribution is 2.39. The van der Waals surface area contributed by atoms with Crippen LogP contribution in [0.1, 0.15) is 36.0 Å². The molecule has 2 aromatic rings. The minimum atomic E-state index is -0.341. The maximum atomic E-state index is 14.2. The molecular formula is C19H18FN3O. The first kappa shape index (κ1) is 16.0. The van der Waals surface area contributed by atoms with Crippen LogP contribution in [0.15, 0.2) is 42.5 Å². The lowest BCUT2D eigenvalue weighted by Gasteiger charge is -2.40. The lowest BCUT2D eigenvalue weighted by atomic mass is 9.85. The quantitative estimate of drug-likeness (QED) is 0.943. The van der Waals surface area contributed by atoms with Crippen LogP contribution in [0.4, 0.5) is 10.1 Å². The SMILES string of the molecule is C[C@H]1C[C@@H](C(N)=O)c2ccccc2N1Cc1cc(C#N)ccc1F. The van der Waals surface area contributed by atoms with E-state index in [0.717, 1.165) is 11.3 Å². The number of hydrogen-bond acceptors (Lipinski definition) is 3. The van der Waals surface area contributed by atoms with Gasteiger partial charge in [-0.05, 0) is 43.2 Å². The fraction of sp³-hybridized carbons (Fsp3) is 0.263. The maximum absolute atomic E-state index is 14.2. The predicted octanol–water partition coefficient (Wildman–Crippen LogP) is 3.07. The van der Waals surface area contributed by atoms with Gasteiger partial charge in [0.25, 0.3) is 0 Å². The summed E-state index contributed by atoms with van der Waals surface area (Å²) < 4.78 is 14.2. The number of anilines is 1. The fourth-order valence-corrected chi connectivity index (χ4v) is 3.34. The van der Waals surface area contributed by atoms with Crippen molar-refractivity contribution in [1.82, 2.24) is 0 Å². The normalized spacial score (nSPS) is 19.5. The molecule has 4 nitrogen and oxygen atoms in total. The van der Waals surface area contributed by atoms with Crippen LogP contribution in [0.5, 0.6) is 0 Å². The molecule has 2 N–H and O–H groups in total. The van der Waals surface area contributed by atoms with Crippen molar-refractivity contribution < 1.29 is 9.18 Å². The molecule has 5 heteroatoms. The summed E-state index contributed by atoms with van der Waals surface area (Å²) in [6.07, 6.45) is 0.589. The zero-order valence-corrected chi connectivity index (χ0v) is 13.4. The summed E-state index contributed by atoms with van der Waals surface area (Å²) >= 11 is 0. The topological polar surface area (TPSA) is 70.1 Å². The molecule has 1 heterocycles. The number of nitriles is 1. The molecule has 0 saturated carbocycles. The number of primary amides is 1. The van der Waals surface area contributed by atoms with Crippen LogP contribution in [-0.2, 0) is 11.3 Å². The van der Waals surface area contributed by atoms with Gasteiger partial charge in [0.1, 0.15) is 5.82 Å². The van der Waals surface area contributed by atoms with Gasteiger partial charge >= 0.3 is 0 Å². The lowest BCUT2D eigenvalue weighted by molar-refractivity contribution is -0.119. The molecule has 2 aromatic carbocycles. The Morgan fingerprint density at radius 3 is 2.83 bits per heavy atom. The van der Waals surface area contributed by atoms with Crippen molar-refractivity contribution in [2.45, 2.75) is 31.8 Å². The van der Waals surface area contributed by atoms with Crippen molar-refractivity contribution in [2.24, 2.45) is 5.73 Å². The van der Waals surface area contributed by atoms with E-state index in [-0.39, 0.29) is 23.7 Å². The molecule has 0 aromatic heterocycles. The Balaban J connectivity index is 2.01. The van der Waals surface area contributed by atoms with E-state index in [2.05, 4.69) is 4.90 Å². The number of carbonyl (C=O) groups is 1. The molecule has 0 fully saturated rings. The molecular weight excluding hydrogens is 305 g/mol. The van der Waals surface area contributed by atoms with Crippen LogP contribution in [0.25, 0.3) is 0 Å². The Morgan fingerprint density at radius 2 is 2.12 bits per heavy atom. The highest BCUT2D eigenvalue weighted by Gasteiger charge is 2.33. The number of carbonyl (C=O) groups excluding carboxylic acids is 1. The molecule has 122 valence electrons. The van der Waals surface area contributed by atoms with E-state index in [0.29, 0.717) is 24.1 Å². The third-order valence-corrected chi connectivity index (χ3v) is 4.59. The Hall–Kier alpha value is -2.87. The molecule has 24 heavy (non-hydrogen) atoms. The van der Waals surface area contributed by atoms with Gasteiger partial charge in [-0.15, -0.1) is 0 Å². The number of rotatable bonds is 3. The van der Waals surface area contributed by atoms with E-state index >= 15 is 0 Å². The number of nitrogens with zero attached hydrogens (tertiary/aromatic N) is 2. The standard InChI is InChI=1S/C19H18FN3O/c1-12-8-16(19(22)24)15-4-2-3-5-18(15)23(12)11-14-9-13(10-21)6-7-17(14)20/h2-7,9,12,16H,8,11H2,1H3,(H2,22,24)/t12-,16+/m0/s1. The van der Waals surface area contributed by atoms with E-state index in [1.807, 2.05) is 37.3 Å².